The molecule has 0 unspecified atom stereocenters. The number of benzene rings is 1. The molecule has 0 aromatic heterocycles. The first-order valence-corrected chi connectivity index (χ1v) is 10.3. The van der Waals surface area contributed by atoms with Crippen LogP contribution in [0.3, 0.4) is 0 Å². The molecule has 5 nitrogen and oxygen atoms in total. The van der Waals surface area contributed by atoms with Crippen molar-refractivity contribution in [2.45, 2.75) is 26.3 Å². The molecule has 1 atom stereocenters. The van der Waals surface area contributed by atoms with Gasteiger partial charge in [-0.2, -0.15) is 0 Å². The molecule has 2 rings (SSSR count). The maximum Gasteiger partial charge on any atom is 0.251 e. The summed E-state index contributed by atoms with van der Waals surface area (Å²) in [6, 6.07) is 7.30. The van der Waals surface area contributed by atoms with Crippen LogP contribution in [-0.2, 0) is 11.3 Å². The number of thiocarbonyl (C=S) groups is 1. The van der Waals surface area contributed by atoms with E-state index >= 15 is 0 Å². The first kappa shape index (κ1) is 20.7. The molecule has 142 valence electrons. The number of carbonyl (C=O) groups excluding carboxylic acids is 2. The zero-order chi connectivity index (χ0) is 19.1. The van der Waals surface area contributed by atoms with Gasteiger partial charge < -0.3 is 15.1 Å². The van der Waals surface area contributed by atoms with E-state index in [-0.39, 0.29) is 11.8 Å². The summed E-state index contributed by atoms with van der Waals surface area (Å²) in [6.45, 7) is 4.75. The Labute approximate surface area is 165 Å². The van der Waals surface area contributed by atoms with E-state index < -0.39 is 0 Å². The number of hydrogen-bond acceptors (Lipinski definition) is 4. The van der Waals surface area contributed by atoms with E-state index in [1.807, 2.05) is 12.1 Å². The number of nitrogens with one attached hydrogen (secondary N) is 1. The van der Waals surface area contributed by atoms with E-state index in [9.17, 15) is 9.59 Å². The Morgan fingerprint density at radius 2 is 2.04 bits per heavy atom. The third-order valence-corrected chi connectivity index (χ3v) is 6.03. The smallest absolute Gasteiger partial charge is 0.251 e. The summed E-state index contributed by atoms with van der Waals surface area (Å²) in [5, 5.41) is 2.59. The van der Waals surface area contributed by atoms with Crippen LogP contribution in [0.4, 0.5) is 0 Å². The van der Waals surface area contributed by atoms with Gasteiger partial charge in [-0.1, -0.05) is 43.0 Å². The fourth-order valence-corrected chi connectivity index (χ4v) is 4.11. The van der Waals surface area contributed by atoms with Gasteiger partial charge in [0.1, 0.15) is 4.32 Å². The Kier molecular flexibility index (Phi) is 7.90. The van der Waals surface area contributed by atoms with Crippen LogP contribution in [0.1, 0.15) is 35.7 Å². The topological polar surface area (TPSA) is 52.7 Å². The Morgan fingerprint density at radius 3 is 2.65 bits per heavy atom. The lowest BCUT2D eigenvalue weighted by atomic mass is 10.0. The summed E-state index contributed by atoms with van der Waals surface area (Å²) < 4.78 is 0.827. The number of nitrogens with zero attached hydrogens (tertiary/aromatic N) is 2. The van der Waals surface area contributed by atoms with Crippen LogP contribution in [0, 0.1) is 5.92 Å². The summed E-state index contributed by atoms with van der Waals surface area (Å²) in [5.74, 6) is 0.963. The van der Waals surface area contributed by atoms with Gasteiger partial charge in [0.25, 0.3) is 5.91 Å². The average Bonchev–Trinajstić information content (AvgIpc) is 2.65. The number of rotatable bonds is 5. The molecule has 1 aromatic rings. The highest BCUT2D eigenvalue weighted by Crippen LogP contribution is 2.20. The molecule has 0 bridgehead atoms. The van der Waals surface area contributed by atoms with Crippen molar-refractivity contribution in [2.75, 3.05) is 32.9 Å². The molecule has 1 fully saturated rings. The molecule has 1 aliphatic heterocycles. The molecular formula is C19H27N3O2S2. The molecule has 7 heteroatoms. The fraction of sp³-hybridized carbons (Fsp3) is 0.526. The van der Waals surface area contributed by atoms with Gasteiger partial charge in [0.15, 0.2) is 0 Å². The van der Waals surface area contributed by atoms with Crippen molar-refractivity contribution >= 4 is 40.1 Å². The van der Waals surface area contributed by atoms with Gasteiger partial charge in [-0.05, 0) is 36.5 Å². The van der Waals surface area contributed by atoms with E-state index in [0.29, 0.717) is 23.8 Å². The highest BCUT2D eigenvalue weighted by molar-refractivity contribution is 8.23. The summed E-state index contributed by atoms with van der Waals surface area (Å²) in [6.07, 6.45) is 2.42. The van der Waals surface area contributed by atoms with E-state index in [0.717, 1.165) is 23.0 Å². The predicted molar refractivity (Wildman–Crippen MR) is 111 cm³/mol. The van der Waals surface area contributed by atoms with Crippen molar-refractivity contribution in [3.63, 3.8) is 0 Å². The van der Waals surface area contributed by atoms with Crippen LogP contribution in [0.15, 0.2) is 24.3 Å². The van der Waals surface area contributed by atoms with Gasteiger partial charge in [-0.3, -0.25) is 9.59 Å². The third-order valence-electron chi connectivity index (χ3n) is 4.52. The zero-order valence-corrected chi connectivity index (χ0v) is 17.3. The maximum atomic E-state index is 12.4. The zero-order valence-electron chi connectivity index (χ0n) is 15.7. The summed E-state index contributed by atoms with van der Waals surface area (Å²) in [5.41, 5.74) is 1.60. The van der Waals surface area contributed by atoms with Crippen molar-refractivity contribution < 1.29 is 9.59 Å². The molecule has 26 heavy (non-hydrogen) atoms. The first-order valence-electron chi connectivity index (χ1n) is 8.87. The highest BCUT2D eigenvalue weighted by atomic mass is 32.2. The Morgan fingerprint density at radius 1 is 1.35 bits per heavy atom. The normalized spacial score (nSPS) is 16.9. The molecule has 1 N–H and O–H groups in total. The number of piperidine rings is 1. The van der Waals surface area contributed by atoms with Gasteiger partial charge in [-0.15, -0.1) is 0 Å². The van der Waals surface area contributed by atoms with E-state index in [4.69, 9.17) is 12.2 Å². The monoisotopic (exact) mass is 393 g/mol. The van der Waals surface area contributed by atoms with Crippen molar-refractivity contribution in [3.8, 4) is 0 Å². The van der Waals surface area contributed by atoms with Crippen LogP contribution in [0.5, 0.6) is 0 Å². The molecule has 0 radical (unpaired) electrons. The molecule has 2 amide bonds. The Bertz CT molecular complexity index is 649. The standard InChI is InChI=1S/C19H27N3O2S2/c1-14-5-4-10-22(11-14)19(25)26-13-17(23)21(3)12-15-6-8-16(9-7-15)18(24)20-2/h6-9,14H,4-5,10-13H2,1-3H3,(H,20,24)/t14-/m1/s1. The van der Waals surface area contributed by atoms with Gasteiger partial charge in [-0.25, -0.2) is 0 Å². The Hall–Kier alpha value is -1.60. The molecule has 1 heterocycles. The van der Waals surface area contributed by atoms with Gasteiger partial charge in [0.05, 0.1) is 5.75 Å². The van der Waals surface area contributed by atoms with Crippen LogP contribution in [0.25, 0.3) is 0 Å². The quantitative estimate of drug-likeness (QED) is 0.780. The SMILES string of the molecule is CNC(=O)c1ccc(CN(C)C(=O)CSC(=S)N2CCC[C@@H](C)C2)cc1. The molecule has 0 saturated carbocycles. The predicted octanol–water partition coefficient (Wildman–Crippen LogP) is 2.75. The van der Waals surface area contributed by atoms with E-state index in [1.165, 1.54) is 24.6 Å². The molecule has 1 saturated heterocycles. The molecule has 1 aliphatic rings. The highest BCUT2D eigenvalue weighted by Gasteiger charge is 2.20. The molecule has 1 aromatic carbocycles. The average molecular weight is 394 g/mol. The first-order chi connectivity index (χ1) is 12.4. The van der Waals surface area contributed by atoms with Crippen LogP contribution >= 0.6 is 24.0 Å². The third kappa shape index (κ3) is 5.99. The van der Waals surface area contributed by atoms with Gasteiger partial charge >= 0.3 is 0 Å². The van der Waals surface area contributed by atoms with E-state index in [2.05, 4.69) is 17.1 Å². The largest absolute Gasteiger partial charge is 0.357 e. The number of hydrogen-bond donors (Lipinski definition) is 1. The molecule has 0 spiro atoms. The minimum atomic E-state index is -0.113. The van der Waals surface area contributed by atoms with Gasteiger partial charge in [0.2, 0.25) is 5.91 Å². The van der Waals surface area contributed by atoms with Crippen molar-refractivity contribution in [1.82, 2.24) is 15.1 Å². The molecule has 0 aliphatic carbocycles. The Balaban J connectivity index is 1.80. The molecular weight excluding hydrogens is 366 g/mol. The van der Waals surface area contributed by atoms with Crippen LogP contribution < -0.4 is 5.32 Å². The second-order valence-corrected chi connectivity index (χ2v) is 8.38. The lowest BCUT2D eigenvalue weighted by Gasteiger charge is -2.32. The van der Waals surface area contributed by atoms with Crippen LogP contribution in [-0.4, -0.2) is 58.9 Å². The van der Waals surface area contributed by atoms with E-state index in [1.54, 1.807) is 31.1 Å². The van der Waals surface area contributed by atoms with Gasteiger partial charge in [0, 0.05) is 39.3 Å². The lowest BCUT2D eigenvalue weighted by molar-refractivity contribution is -0.127. The number of thioether (sulfide) groups is 1. The summed E-state index contributed by atoms with van der Waals surface area (Å²) in [7, 11) is 3.40. The number of likely N-dealkylation sites (tertiary alicyclic amines) is 1. The second-order valence-electron chi connectivity index (χ2n) is 6.77. The number of amides is 2. The second kappa shape index (κ2) is 9.92. The number of carbonyl (C=O) groups is 2. The van der Waals surface area contributed by atoms with Crippen molar-refractivity contribution in [3.05, 3.63) is 35.4 Å². The minimum Gasteiger partial charge on any atom is -0.357 e. The van der Waals surface area contributed by atoms with Crippen molar-refractivity contribution in [1.29, 1.82) is 0 Å². The minimum absolute atomic E-state index is 0.0535. The van der Waals surface area contributed by atoms with Crippen LogP contribution in [0.2, 0.25) is 0 Å². The maximum absolute atomic E-state index is 12.4. The lowest BCUT2D eigenvalue weighted by Crippen LogP contribution is -2.37. The summed E-state index contributed by atoms with van der Waals surface area (Å²) in [4.78, 5) is 27.9. The summed E-state index contributed by atoms with van der Waals surface area (Å²) >= 11 is 6.95. The fourth-order valence-electron chi connectivity index (χ4n) is 2.95. The van der Waals surface area contributed by atoms with Crippen molar-refractivity contribution in [2.24, 2.45) is 5.92 Å².